The average Bonchev–Trinajstić information content (AvgIpc) is 3.17. The predicted molar refractivity (Wildman–Crippen MR) is 85.8 cm³/mol. The van der Waals surface area contributed by atoms with Crippen molar-refractivity contribution in [2.24, 2.45) is 0 Å². The number of unbranched alkanes of at least 4 members (excludes halogenated alkanes) is 1. The fourth-order valence-electron chi connectivity index (χ4n) is 3.41. The lowest BCUT2D eigenvalue weighted by Gasteiger charge is -2.21. The number of carbonyl (C=O) groups excluding carboxylic acids is 2. The zero-order valence-corrected chi connectivity index (χ0v) is 13.6. The molecule has 22 heavy (non-hydrogen) atoms. The summed E-state index contributed by atoms with van der Waals surface area (Å²) in [4.78, 5) is 25.4. The van der Waals surface area contributed by atoms with Crippen LogP contribution in [0.2, 0.25) is 0 Å². The standard InChI is InChI=1S/C15H25N3O3S/c19-8-7-18(10-5-6-10)13(20)4-2-1-3-12-14-11(9-22-12)16-15(21)17-14/h10-12,14,19H,1-9H2,(H2,16,17,21)/t11-,12-,14-/m0/s1. The van der Waals surface area contributed by atoms with Gasteiger partial charge in [-0.25, -0.2) is 4.79 Å². The van der Waals surface area contributed by atoms with Gasteiger partial charge in [-0.05, 0) is 25.7 Å². The van der Waals surface area contributed by atoms with E-state index in [1.165, 1.54) is 0 Å². The second-order valence-corrected chi connectivity index (χ2v) is 7.68. The summed E-state index contributed by atoms with van der Waals surface area (Å²) in [6.07, 6.45) is 5.70. The molecule has 1 saturated carbocycles. The van der Waals surface area contributed by atoms with E-state index in [0.29, 0.717) is 24.3 Å². The molecule has 0 radical (unpaired) electrons. The zero-order chi connectivity index (χ0) is 15.5. The predicted octanol–water partition coefficient (Wildman–Crippen LogP) is 0.695. The Hall–Kier alpha value is -0.950. The van der Waals surface area contributed by atoms with Gasteiger partial charge in [0.2, 0.25) is 5.91 Å². The number of nitrogens with one attached hydrogen (secondary N) is 2. The van der Waals surface area contributed by atoms with Crippen LogP contribution in [0.4, 0.5) is 4.79 Å². The first-order valence-electron chi connectivity index (χ1n) is 8.28. The maximum Gasteiger partial charge on any atom is 0.315 e. The van der Waals surface area contributed by atoms with E-state index >= 15 is 0 Å². The summed E-state index contributed by atoms with van der Waals surface area (Å²) in [6, 6.07) is 0.870. The summed E-state index contributed by atoms with van der Waals surface area (Å²) in [5.74, 6) is 1.17. The highest BCUT2D eigenvalue weighted by Crippen LogP contribution is 2.33. The molecule has 0 aromatic carbocycles. The smallest absolute Gasteiger partial charge is 0.315 e. The maximum atomic E-state index is 12.2. The molecular weight excluding hydrogens is 302 g/mol. The molecule has 7 heteroatoms. The Morgan fingerprint density at radius 3 is 2.86 bits per heavy atom. The van der Waals surface area contributed by atoms with Crippen molar-refractivity contribution in [2.45, 2.75) is 61.9 Å². The Labute approximate surface area is 135 Å². The van der Waals surface area contributed by atoms with Crippen LogP contribution in [0.3, 0.4) is 0 Å². The van der Waals surface area contributed by atoms with E-state index in [1.54, 1.807) is 0 Å². The van der Waals surface area contributed by atoms with Crippen LogP contribution in [0.25, 0.3) is 0 Å². The molecule has 3 atom stereocenters. The molecule has 3 amide bonds. The van der Waals surface area contributed by atoms with Gasteiger partial charge in [0.25, 0.3) is 0 Å². The molecule has 3 fully saturated rings. The SMILES string of the molecule is O=C1N[C@H]2[C@H](CS[C@H]2CCCCC(=O)N(CCO)C2CC2)N1. The minimum atomic E-state index is -0.0421. The number of aliphatic hydroxyl groups is 1. The third kappa shape index (κ3) is 3.68. The van der Waals surface area contributed by atoms with Crippen LogP contribution in [0, 0.1) is 0 Å². The van der Waals surface area contributed by atoms with E-state index in [2.05, 4.69) is 10.6 Å². The van der Waals surface area contributed by atoms with Crippen molar-refractivity contribution in [3.63, 3.8) is 0 Å². The summed E-state index contributed by atoms with van der Waals surface area (Å²) in [7, 11) is 0. The van der Waals surface area contributed by atoms with Crippen LogP contribution < -0.4 is 10.6 Å². The fourth-order valence-corrected chi connectivity index (χ4v) is 4.96. The van der Waals surface area contributed by atoms with Crippen molar-refractivity contribution in [1.82, 2.24) is 15.5 Å². The second kappa shape index (κ2) is 7.08. The number of aliphatic hydroxyl groups excluding tert-OH is 1. The topological polar surface area (TPSA) is 81.7 Å². The number of amides is 3. The molecule has 124 valence electrons. The van der Waals surface area contributed by atoms with Gasteiger partial charge in [-0.2, -0.15) is 11.8 Å². The summed E-state index contributed by atoms with van der Waals surface area (Å²) < 4.78 is 0. The van der Waals surface area contributed by atoms with Crippen LogP contribution in [0.15, 0.2) is 0 Å². The summed E-state index contributed by atoms with van der Waals surface area (Å²) in [5.41, 5.74) is 0. The highest BCUT2D eigenvalue weighted by atomic mass is 32.2. The molecule has 3 N–H and O–H groups in total. The van der Waals surface area contributed by atoms with Crippen LogP contribution in [0.1, 0.15) is 38.5 Å². The van der Waals surface area contributed by atoms with E-state index in [0.717, 1.165) is 37.9 Å². The Morgan fingerprint density at radius 2 is 2.14 bits per heavy atom. The zero-order valence-electron chi connectivity index (χ0n) is 12.8. The molecule has 0 aromatic rings. The van der Waals surface area contributed by atoms with Gasteiger partial charge >= 0.3 is 6.03 Å². The number of hydrogen-bond donors (Lipinski definition) is 3. The molecule has 0 bridgehead atoms. The lowest BCUT2D eigenvalue weighted by Crippen LogP contribution is -2.37. The van der Waals surface area contributed by atoms with E-state index in [4.69, 9.17) is 5.11 Å². The van der Waals surface area contributed by atoms with Crippen LogP contribution in [-0.2, 0) is 4.79 Å². The number of carbonyl (C=O) groups is 2. The highest BCUT2D eigenvalue weighted by molar-refractivity contribution is 8.00. The Balaban J connectivity index is 1.35. The van der Waals surface area contributed by atoms with E-state index in [-0.39, 0.29) is 30.6 Å². The number of hydrogen-bond acceptors (Lipinski definition) is 4. The number of urea groups is 1. The van der Waals surface area contributed by atoms with Crippen LogP contribution in [0.5, 0.6) is 0 Å². The van der Waals surface area contributed by atoms with Gasteiger partial charge in [-0.1, -0.05) is 6.42 Å². The first-order chi connectivity index (χ1) is 10.7. The van der Waals surface area contributed by atoms with Crippen molar-refractivity contribution in [1.29, 1.82) is 0 Å². The Kier molecular flexibility index (Phi) is 5.13. The van der Waals surface area contributed by atoms with Gasteiger partial charge in [0.05, 0.1) is 18.7 Å². The highest BCUT2D eigenvalue weighted by Gasteiger charge is 2.42. The minimum Gasteiger partial charge on any atom is -0.395 e. The van der Waals surface area contributed by atoms with Gasteiger partial charge in [0.15, 0.2) is 0 Å². The number of rotatable bonds is 8. The maximum absolute atomic E-state index is 12.2. The molecule has 0 unspecified atom stereocenters. The molecule has 3 aliphatic rings. The molecule has 2 aliphatic heterocycles. The molecule has 0 aromatic heterocycles. The lowest BCUT2D eigenvalue weighted by molar-refractivity contribution is -0.132. The number of thioether (sulfide) groups is 1. The molecule has 0 spiro atoms. The fraction of sp³-hybridized carbons (Fsp3) is 0.867. The van der Waals surface area contributed by atoms with Crippen molar-refractivity contribution in [3.05, 3.63) is 0 Å². The Bertz CT molecular complexity index is 430. The minimum absolute atomic E-state index is 0.0421. The van der Waals surface area contributed by atoms with E-state index < -0.39 is 0 Å². The van der Waals surface area contributed by atoms with Gasteiger partial charge in [-0.15, -0.1) is 0 Å². The molecule has 2 saturated heterocycles. The Morgan fingerprint density at radius 1 is 1.32 bits per heavy atom. The number of nitrogens with zero attached hydrogens (tertiary/aromatic N) is 1. The van der Waals surface area contributed by atoms with Gasteiger partial charge in [0, 0.05) is 30.0 Å². The van der Waals surface area contributed by atoms with E-state index in [1.807, 2.05) is 16.7 Å². The largest absolute Gasteiger partial charge is 0.395 e. The van der Waals surface area contributed by atoms with Gasteiger partial charge < -0.3 is 20.6 Å². The van der Waals surface area contributed by atoms with E-state index in [9.17, 15) is 9.59 Å². The van der Waals surface area contributed by atoms with Crippen molar-refractivity contribution in [3.8, 4) is 0 Å². The van der Waals surface area contributed by atoms with Gasteiger partial charge in [0.1, 0.15) is 0 Å². The van der Waals surface area contributed by atoms with Crippen molar-refractivity contribution in [2.75, 3.05) is 18.9 Å². The van der Waals surface area contributed by atoms with Crippen molar-refractivity contribution >= 4 is 23.7 Å². The lowest BCUT2D eigenvalue weighted by atomic mass is 10.0. The first-order valence-corrected chi connectivity index (χ1v) is 9.33. The summed E-state index contributed by atoms with van der Waals surface area (Å²) >= 11 is 1.92. The monoisotopic (exact) mass is 327 g/mol. The molecule has 6 nitrogen and oxygen atoms in total. The number of fused-ring (bicyclic) bond motifs is 1. The average molecular weight is 327 g/mol. The second-order valence-electron chi connectivity index (χ2n) is 6.41. The van der Waals surface area contributed by atoms with Crippen LogP contribution >= 0.6 is 11.8 Å². The molecule has 3 rings (SSSR count). The molecule has 1 aliphatic carbocycles. The summed E-state index contributed by atoms with van der Waals surface area (Å²) in [6.45, 7) is 0.528. The normalized spacial score (nSPS) is 29.9. The third-order valence-corrected chi connectivity index (χ3v) is 6.22. The summed E-state index contributed by atoms with van der Waals surface area (Å²) in [5, 5.41) is 15.5. The quantitative estimate of drug-likeness (QED) is 0.453. The molecule has 2 heterocycles. The molecular formula is C15H25N3O3S. The third-order valence-electron chi connectivity index (χ3n) is 4.72. The van der Waals surface area contributed by atoms with Gasteiger partial charge in [-0.3, -0.25) is 4.79 Å². The van der Waals surface area contributed by atoms with Crippen molar-refractivity contribution < 1.29 is 14.7 Å². The first kappa shape index (κ1) is 15.9. The van der Waals surface area contributed by atoms with Crippen LogP contribution in [-0.4, -0.2) is 64.2 Å².